The van der Waals surface area contributed by atoms with Crippen molar-refractivity contribution in [3.8, 4) is 10.6 Å². The van der Waals surface area contributed by atoms with Crippen LogP contribution >= 0.6 is 22.9 Å². The molecule has 0 spiro atoms. The van der Waals surface area contributed by atoms with E-state index in [0.29, 0.717) is 29.8 Å². The first-order valence-electron chi connectivity index (χ1n) is 8.87. The lowest BCUT2D eigenvalue weighted by molar-refractivity contribution is -0.117. The van der Waals surface area contributed by atoms with Gasteiger partial charge in [0.15, 0.2) is 0 Å². The lowest BCUT2D eigenvalue weighted by Crippen LogP contribution is -2.29. The normalized spacial score (nSPS) is 17.8. The predicted molar refractivity (Wildman–Crippen MR) is 112 cm³/mol. The van der Waals surface area contributed by atoms with E-state index in [1.54, 1.807) is 28.5 Å². The quantitative estimate of drug-likeness (QED) is 0.663. The van der Waals surface area contributed by atoms with Crippen molar-refractivity contribution in [3.05, 3.63) is 52.6 Å². The van der Waals surface area contributed by atoms with Crippen molar-refractivity contribution in [2.75, 3.05) is 16.8 Å². The molecule has 0 bridgehead atoms. The van der Waals surface area contributed by atoms with Gasteiger partial charge < -0.3 is 11.1 Å². The maximum atomic E-state index is 12.0. The first-order chi connectivity index (χ1) is 13.5. The molecular weight excluding hydrogens is 396 g/mol. The number of carbonyl (C=O) groups is 1. The molecule has 1 aliphatic heterocycles. The van der Waals surface area contributed by atoms with Gasteiger partial charge >= 0.3 is 0 Å². The number of aromatic nitrogens is 3. The molecule has 0 saturated carbocycles. The maximum absolute atomic E-state index is 12.0. The predicted octanol–water partition coefficient (Wildman–Crippen LogP) is 3.49. The Bertz CT molecular complexity index is 992. The summed E-state index contributed by atoms with van der Waals surface area (Å²) in [4.78, 5) is 28.0. The summed E-state index contributed by atoms with van der Waals surface area (Å²) in [7, 11) is 0. The number of nitrogens with two attached hydrogens (primary N) is 1. The van der Waals surface area contributed by atoms with Crippen molar-refractivity contribution in [2.45, 2.75) is 25.4 Å². The van der Waals surface area contributed by atoms with Gasteiger partial charge in [-0.3, -0.25) is 9.69 Å². The molecule has 1 aromatic carbocycles. The molecule has 0 radical (unpaired) electrons. The fraction of sp³-hybridized carbons (Fsp3) is 0.263. The Morgan fingerprint density at radius 2 is 2.07 bits per heavy atom. The maximum Gasteiger partial charge on any atom is 0.229 e. The number of benzene rings is 1. The third-order valence-electron chi connectivity index (χ3n) is 4.46. The van der Waals surface area contributed by atoms with E-state index < -0.39 is 0 Å². The number of nitrogens with zero attached hydrogens (tertiary/aromatic N) is 4. The molecule has 2 atom stereocenters. The lowest BCUT2D eigenvalue weighted by atomic mass is 10.2. The van der Waals surface area contributed by atoms with E-state index >= 15 is 0 Å². The van der Waals surface area contributed by atoms with Crippen molar-refractivity contribution >= 4 is 40.6 Å². The molecule has 144 valence electrons. The van der Waals surface area contributed by atoms with Crippen LogP contribution in [0.15, 0.2) is 42.7 Å². The summed E-state index contributed by atoms with van der Waals surface area (Å²) >= 11 is 7.55. The molecule has 3 aromatic rings. The average Bonchev–Trinajstić information content (AvgIpc) is 3.29. The van der Waals surface area contributed by atoms with E-state index in [1.807, 2.05) is 37.4 Å². The molecule has 7 nitrogen and oxygen atoms in total. The molecule has 0 unspecified atom stereocenters. The standard InChI is InChI=1S/C19H19ClN6OS/c1-11(15-9-23-18(28-15)12-2-4-13(20)5-3-12)24-19-22-7-6-16(25-19)26-10-14(21)8-17(26)27/h2-7,9,11,14H,8,10,21H2,1H3,(H,22,24,25)/t11-,14-/m0/s1. The second-order valence-electron chi connectivity index (χ2n) is 6.65. The molecule has 4 rings (SSSR count). The SMILES string of the molecule is C[C@H](Nc1nccc(N2C[C@@H](N)CC2=O)n1)c1cnc(-c2ccc(Cl)cc2)s1. The average molecular weight is 415 g/mol. The Morgan fingerprint density at radius 3 is 2.79 bits per heavy atom. The zero-order chi connectivity index (χ0) is 19.7. The fourth-order valence-electron chi connectivity index (χ4n) is 3.00. The van der Waals surface area contributed by atoms with Crippen molar-refractivity contribution in [2.24, 2.45) is 5.73 Å². The minimum Gasteiger partial charge on any atom is -0.347 e. The van der Waals surface area contributed by atoms with Crippen molar-refractivity contribution in [1.82, 2.24) is 15.0 Å². The second kappa shape index (κ2) is 7.83. The summed E-state index contributed by atoms with van der Waals surface area (Å²) < 4.78 is 0. The molecule has 28 heavy (non-hydrogen) atoms. The van der Waals surface area contributed by atoms with Gasteiger partial charge in [0, 0.05) is 46.9 Å². The molecule has 3 N–H and O–H groups in total. The Balaban J connectivity index is 1.48. The second-order valence-corrected chi connectivity index (χ2v) is 8.15. The molecule has 1 aliphatic rings. The largest absolute Gasteiger partial charge is 0.347 e. The minimum atomic E-state index is -0.152. The molecule has 0 aliphatic carbocycles. The van der Waals surface area contributed by atoms with Gasteiger partial charge in [-0.25, -0.2) is 9.97 Å². The monoisotopic (exact) mass is 414 g/mol. The Labute approximate surface area is 171 Å². The van der Waals surface area contributed by atoms with Crippen LogP contribution in [0, 0.1) is 0 Å². The highest BCUT2D eigenvalue weighted by Crippen LogP contribution is 2.30. The summed E-state index contributed by atoms with van der Waals surface area (Å²) in [6.45, 7) is 2.50. The van der Waals surface area contributed by atoms with Gasteiger partial charge in [-0.2, -0.15) is 4.98 Å². The van der Waals surface area contributed by atoms with Gasteiger partial charge in [-0.1, -0.05) is 23.7 Å². The van der Waals surface area contributed by atoms with Crippen molar-refractivity contribution in [3.63, 3.8) is 0 Å². The summed E-state index contributed by atoms with van der Waals surface area (Å²) in [5.41, 5.74) is 6.89. The molecular formula is C19H19ClN6OS. The van der Waals surface area contributed by atoms with Gasteiger partial charge in [0.25, 0.3) is 0 Å². The number of thiazole rings is 1. The number of halogens is 1. The number of hydrogen-bond acceptors (Lipinski definition) is 7. The number of hydrogen-bond donors (Lipinski definition) is 2. The molecule has 1 fully saturated rings. The topological polar surface area (TPSA) is 97.0 Å². The van der Waals surface area contributed by atoms with E-state index in [4.69, 9.17) is 17.3 Å². The van der Waals surface area contributed by atoms with E-state index in [0.717, 1.165) is 15.4 Å². The molecule has 2 aromatic heterocycles. The first kappa shape index (κ1) is 18.8. The number of nitrogens with one attached hydrogen (secondary N) is 1. The summed E-state index contributed by atoms with van der Waals surface area (Å²) in [5.74, 6) is 1.01. The van der Waals surface area contributed by atoms with Crippen LogP contribution in [0.25, 0.3) is 10.6 Å². The summed E-state index contributed by atoms with van der Waals surface area (Å²) in [6, 6.07) is 9.14. The third-order valence-corrected chi connectivity index (χ3v) is 5.94. The van der Waals surface area contributed by atoms with Gasteiger partial charge in [-0.15, -0.1) is 11.3 Å². The number of anilines is 2. The Hall–Kier alpha value is -2.55. The van der Waals surface area contributed by atoms with Crippen molar-refractivity contribution < 1.29 is 4.79 Å². The summed E-state index contributed by atoms with van der Waals surface area (Å²) in [6.07, 6.45) is 3.83. The molecule has 1 amide bonds. The highest BCUT2D eigenvalue weighted by Gasteiger charge is 2.29. The van der Waals surface area contributed by atoms with E-state index in [9.17, 15) is 4.79 Å². The number of amides is 1. The van der Waals surface area contributed by atoms with E-state index in [1.165, 1.54) is 0 Å². The Morgan fingerprint density at radius 1 is 1.29 bits per heavy atom. The highest BCUT2D eigenvalue weighted by atomic mass is 35.5. The van der Waals surface area contributed by atoms with Crippen LogP contribution < -0.4 is 16.0 Å². The molecule has 9 heteroatoms. The van der Waals surface area contributed by atoms with Crippen LogP contribution in [-0.2, 0) is 4.79 Å². The van der Waals surface area contributed by atoms with E-state index in [-0.39, 0.29) is 18.0 Å². The smallest absolute Gasteiger partial charge is 0.229 e. The van der Waals surface area contributed by atoms with Crippen LogP contribution in [0.5, 0.6) is 0 Å². The zero-order valence-corrected chi connectivity index (χ0v) is 16.7. The van der Waals surface area contributed by atoms with E-state index in [2.05, 4.69) is 20.3 Å². The van der Waals surface area contributed by atoms with Crippen LogP contribution in [0.4, 0.5) is 11.8 Å². The lowest BCUT2D eigenvalue weighted by Gasteiger charge is -2.17. The van der Waals surface area contributed by atoms with Crippen LogP contribution in [-0.4, -0.2) is 33.4 Å². The highest BCUT2D eigenvalue weighted by molar-refractivity contribution is 7.15. The summed E-state index contributed by atoms with van der Waals surface area (Å²) in [5, 5.41) is 4.90. The fourth-order valence-corrected chi connectivity index (χ4v) is 4.05. The minimum absolute atomic E-state index is 0.0136. The molecule has 1 saturated heterocycles. The van der Waals surface area contributed by atoms with Gasteiger partial charge in [0.1, 0.15) is 10.8 Å². The first-order valence-corrected chi connectivity index (χ1v) is 10.1. The van der Waals surface area contributed by atoms with Crippen LogP contribution in [0.2, 0.25) is 5.02 Å². The van der Waals surface area contributed by atoms with Crippen molar-refractivity contribution in [1.29, 1.82) is 0 Å². The van der Waals surface area contributed by atoms with Crippen LogP contribution in [0.3, 0.4) is 0 Å². The van der Waals surface area contributed by atoms with Gasteiger partial charge in [0.05, 0.1) is 6.04 Å². The third kappa shape index (κ3) is 3.99. The number of rotatable bonds is 5. The number of carbonyl (C=O) groups excluding carboxylic acids is 1. The Kier molecular flexibility index (Phi) is 5.25. The molecule has 3 heterocycles. The zero-order valence-electron chi connectivity index (χ0n) is 15.2. The van der Waals surface area contributed by atoms with Gasteiger partial charge in [-0.05, 0) is 25.1 Å². The van der Waals surface area contributed by atoms with Gasteiger partial charge in [0.2, 0.25) is 11.9 Å². The van der Waals surface area contributed by atoms with Crippen LogP contribution in [0.1, 0.15) is 24.3 Å².